The van der Waals surface area contributed by atoms with Crippen molar-refractivity contribution in [2.45, 2.75) is 6.92 Å². The Morgan fingerprint density at radius 3 is 1.96 bits per heavy atom. The molecule has 0 saturated heterocycles. The average molecular weight is 585 g/mol. The van der Waals surface area contributed by atoms with Gasteiger partial charge in [-0.25, -0.2) is 8.78 Å². The van der Waals surface area contributed by atoms with Gasteiger partial charge in [-0.15, -0.1) is 12.1 Å². The fraction of sp³-hybridized carbons (Fsp3) is 0.0526. The van der Waals surface area contributed by atoms with Crippen LogP contribution in [0.1, 0.15) is 5.56 Å². The largest absolute Gasteiger partial charge is 0.480 e. The van der Waals surface area contributed by atoms with Gasteiger partial charge in [0.25, 0.3) is 0 Å². The number of benzene rings is 3. The van der Waals surface area contributed by atoms with Crippen molar-refractivity contribution >= 4 is 0 Å². The number of hydrogen-bond donors (Lipinski definition) is 0. The van der Waals surface area contributed by atoms with Gasteiger partial charge in [-0.2, -0.15) is 18.2 Å². The van der Waals surface area contributed by atoms with Crippen LogP contribution in [-0.4, -0.2) is 0 Å². The Morgan fingerprint density at radius 2 is 1.38 bits per heavy atom. The van der Waals surface area contributed by atoms with Crippen molar-refractivity contribution < 1.29 is 94.3 Å². The zero-order valence-electron chi connectivity index (χ0n) is 12.8. The Kier molecular flexibility index (Phi) is 9.38. The Balaban J connectivity index is 0.00000144. The van der Waals surface area contributed by atoms with Crippen LogP contribution in [0, 0.1) is 105 Å². The third kappa shape index (κ3) is 5.50. The second-order valence-electron chi connectivity index (χ2n) is 4.95. The molecule has 0 atom stereocenters. The molecule has 120 valence electrons. The van der Waals surface area contributed by atoms with E-state index in [-0.39, 0.29) is 92.3 Å². The van der Waals surface area contributed by atoms with Gasteiger partial charge in [-0.05, 0) is 41.8 Å². The summed E-state index contributed by atoms with van der Waals surface area (Å²) < 4.78 is 33.3. The van der Waals surface area contributed by atoms with E-state index < -0.39 is 5.82 Å². The zero-order valence-corrected chi connectivity index (χ0v) is 18.6. The summed E-state index contributed by atoms with van der Waals surface area (Å²) in [7, 11) is 0. The van der Waals surface area contributed by atoms with E-state index in [0.717, 1.165) is 0 Å². The van der Waals surface area contributed by atoms with Crippen LogP contribution in [0.3, 0.4) is 0 Å². The van der Waals surface area contributed by atoms with Gasteiger partial charge in [0.05, 0.1) is 0 Å². The summed E-state index contributed by atoms with van der Waals surface area (Å²) in [5, 5.41) is 0. The number of rotatable bonds is 3. The van der Waals surface area contributed by atoms with Crippen molar-refractivity contribution in [3.63, 3.8) is 0 Å². The molecule has 0 N–H and O–H groups in total. The van der Waals surface area contributed by atoms with Crippen molar-refractivity contribution in [3.8, 4) is 22.6 Å². The molecule has 0 spiro atoms. The molecular weight excluding hydrogens is 572 g/mol. The summed E-state index contributed by atoms with van der Waals surface area (Å²) in [5.74, 6) is -0.139. The molecule has 0 aliphatic carbocycles. The third-order valence-corrected chi connectivity index (χ3v) is 3.35. The first kappa shape index (κ1) is 22.0. The van der Waals surface area contributed by atoms with Crippen LogP contribution < -0.4 is 4.74 Å². The maximum atomic E-state index is 14.2. The van der Waals surface area contributed by atoms with E-state index in [1.807, 2.05) is 0 Å². The Labute approximate surface area is 205 Å². The van der Waals surface area contributed by atoms with E-state index in [4.69, 9.17) is 4.74 Å². The van der Waals surface area contributed by atoms with Crippen LogP contribution in [0.4, 0.5) is 8.78 Å². The monoisotopic (exact) mass is 585 g/mol. The smallest absolute Gasteiger partial charge is 0.166 e. The molecule has 0 aromatic heterocycles. The van der Waals surface area contributed by atoms with Crippen LogP contribution >= 0.6 is 0 Å². The minimum Gasteiger partial charge on any atom is -0.480 e. The quantitative estimate of drug-likeness (QED) is 0.368. The molecule has 2 radical (unpaired) electrons. The molecule has 0 aliphatic heterocycles. The summed E-state index contributed by atoms with van der Waals surface area (Å²) in [6.07, 6.45) is 0. The maximum absolute atomic E-state index is 14.2. The molecule has 5 heteroatoms. The predicted molar refractivity (Wildman–Crippen MR) is 81.9 cm³/mol. The molecule has 0 aliphatic rings. The summed E-state index contributed by atoms with van der Waals surface area (Å²) in [6.45, 7) is 1.69. The third-order valence-electron chi connectivity index (χ3n) is 3.35. The predicted octanol–water partition coefficient (Wildman–Crippen LogP) is 5.53. The summed E-state index contributed by atoms with van der Waals surface area (Å²) >= 11 is 0. The zero-order chi connectivity index (χ0) is 15.5. The molecule has 0 fully saturated rings. The van der Waals surface area contributed by atoms with Crippen LogP contribution in [0.15, 0.2) is 60.7 Å². The number of aryl methyl sites for hydroxylation is 1. The van der Waals surface area contributed by atoms with Gasteiger partial charge in [0.15, 0.2) is 11.6 Å². The van der Waals surface area contributed by atoms with E-state index in [9.17, 15) is 8.78 Å². The Morgan fingerprint density at radius 1 is 0.792 bits per heavy atom. The topological polar surface area (TPSA) is 9.23 Å². The van der Waals surface area contributed by atoms with Gasteiger partial charge in [0.2, 0.25) is 0 Å². The molecule has 24 heavy (non-hydrogen) atoms. The van der Waals surface area contributed by atoms with E-state index in [1.54, 1.807) is 55.5 Å². The van der Waals surface area contributed by atoms with Gasteiger partial charge in [-0.1, -0.05) is 18.2 Å². The molecule has 0 bridgehead atoms. The Hall–Kier alpha value is -0.00468. The normalized spacial score (nSPS) is 9.62. The SMILES string of the molecule is Cc1ccc(-c2ccc(Oc3cc[c-]cc3)c(F)c2)cc1F.[Pm].[Pm]. The molecule has 0 heterocycles. The van der Waals surface area contributed by atoms with E-state index in [0.29, 0.717) is 22.4 Å². The van der Waals surface area contributed by atoms with Crippen LogP contribution in [0.25, 0.3) is 11.1 Å². The fourth-order valence-corrected chi connectivity index (χ4v) is 2.10. The number of halogens is 2. The minimum absolute atomic E-state index is 0. The number of hydrogen-bond acceptors (Lipinski definition) is 1. The van der Waals surface area contributed by atoms with E-state index in [1.165, 1.54) is 12.1 Å². The van der Waals surface area contributed by atoms with E-state index in [2.05, 4.69) is 6.07 Å². The summed E-state index contributed by atoms with van der Waals surface area (Å²) in [5.41, 5.74) is 1.79. The average Bonchev–Trinajstić information content (AvgIpc) is 2.53. The molecule has 3 aromatic rings. The van der Waals surface area contributed by atoms with E-state index >= 15 is 0 Å². The fourth-order valence-electron chi connectivity index (χ4n) is 2.10. The molecule has 3 aromatic carbocycles. The van der Waals surface area contributed by atoms with Crippen molar-refractivity contribution in [1.29, 1.82) is 0 Å². The van der Waals surface area contributed by atoms with Crippen LogP contribution in [0.5, 0.6) is 11.5 Å². The summed E-state index contributed by atoms with van der Waals surface area (Å²) in [4.78, 5) is 0. The van der Waals surface area contributed by atoms with Crippen molar-refractivity contribution in [1.82, 2.24) is 0 Å². The maximum Gasteiger partial charge on any atom is 0.166 e. The van der Waals surface area contributed by atoms with Crippen molar-refractivity contribution in [2.75, 3.05) is 0 Å². The van der Waals surface area contributed by atoms with Crippen LogP contribution in [0.2, 0.25) is 0 Å². The second-order valence-corrected chi connectivity index (χ2v) is 4.95. The number of ether oxygens (including phenoxy) is 1. The molecular formula is C19H13F2OPm2-. The van der Waals surface area contributed by atoms with Crippen molar-refractivity contribution in [2.24, 2.45) is 0 Å². The van der Waals surface area contributed by atoms with Gasteiger partial charge >= 0.3 is 0 Å². The second kappa shape index (κ2) is 10.2. The van der Waals surface area contributed by atoms with Gasteiger partial charge < -0.3 is 4.74 Å². The minimum atomic E-state index is -0.494. The molecule has 0 saturated carbocycles. The van der Waals surface area contributed by atoms with Gasteiger partial charge in [-0.3, -0.25) is 0 Å². The first-order chi connectivity index (χ1) is 10.6. The van der Waals surface area contributed by atoms with Crippen LogP contribution in [-0.2, 0) is 0 Å². The standard InChI is InChI=1S/C19H13F2O.2Pm/c1-13-7-8-14(11-17(13)20)15-9-10-19(18(21)12-15)22-16-5-3-2-4-6-16;;/h3-12H,1H3;;/q-1;;. The Bertz CT molecular complexity index is 808. The molecule has 0 unspecified atom stereocenters. The molecule has 0 amide bonds. The molecule has 1 nitrogen and oxygen atoms in total. The first-order valence-corrected chi connectivity index (χ1v) is 6.83. The first-order valence-electron chi connectivity index (χ1n) is 6.83. The van der Waals surface area contributed by atoms with Gasteiger partial charge in [0.1, 0.15) is 5.82 Å². The summed E-state index contributed by atoms with van der Waals surface area (Å²) in [6, 6.07) is 19.1. The van der Waals surface area contributed by atoms with Gasteiger partial charge in [0, 0.05) is 86.5 Å². The van der Waals surface area contributed by atoms with Crippen molar-refractivity contribution in [3.05, 3.63) is 83.9 Å². The molecule has 3 rings (SSSR count).